The first-order valence-corrected chi connectivity index (χ1v) is 10.8. The van der Waals surface area contributed by atoms with Gasteiger partial charge in [-0.25, -0.2) is 4.98 Å². The Morgan fingerprint density at radius 3 is 2.83 bits per heavy atom. The molecule has 156 valence electrons. The van der Waals surface area contributed by atoms with Gasteiger partial charge < -0.3 is 10.3 Å². The van der Waals surface area contributed by atoms with Crippen LogP contribution >= 0.6 is 0 Å². The largest absolute Gasteiger partial charge is 0.352 e. The van der Waals surface area contributed by atoms with E-state index in [4.69, 9.17) is 0 Å². The zero-order valence-electron chi connectivity index (χ0n) is 17.3. The van der Waals surface area contributed by atoms with Crippen LogP contribution in [0.1, 0.15) is 42.8 Å². The van der Waals surface area contributed by atoms with Gasteiger partial charge >= 0.3 is 0 Å². The molecule has 0 aliphatic carbocycles. The lowest BCUT2D eigenvalue weighted by Crippen LogP contribution is -2.50. The van der Waals surface area contributed by atoms with Crippen LogP contribution in [0.4, 0.5) is 0 Å². The van der Waals surface area contributed by atoms with Crippen LogP contribution in [0.2, 0.25) is 0 Å². The van der Waals surface area contributed by atoms with Crippen molar-refractivity contribution < 1.29 is 4.79 Å². The molecule has 0 spiro atoms. The zero-order chi connectivity index (χ0) is 20.1. The monoisotopic (exact) mass is 396 g/mol. The molecular weight excluding hydrogens is 364 g/mol. The Hall–Kier alpha value is -2.25. The summed E-state index contributed by atoms with van der Waals surface area (Å²) in [7, 11) is 0. The van der Waals surface area contributed by atoms with Crippen molar-refractivity contribution in [3.05, 3.63) is 47.8 Å². The molecule has 2 aliphatic rings. The van der Waals surface area contributed by atoms with Gasteiger partial charge in [-0.2, -0.15) is 0 Å². The number of aromatic nitrogens is 3. The number of imidazole rings is 1. The topological polar surface area (TPSA) is 77.2 Å². The van der Waals surface area contributed by atoms with Crippen LogP contribution in [0.15, 0.2) is 30.7 Å². The summed E-state index contributed by atoms with van der Waals surface area (Å²) in [6, 6.07) is 4.50. The van der Waals surface area contributed by atoms with Gasteiger partial charge in [-0.05, 0) is 50.8 Å². The number of carbonyl (C=O) groups is 1. The Labute approximate surface area is 172 Å². The van der Waals surface area contributed by atoms with Crippen LogP contribution < -0.4 is 5.32 Å². The van der Waals surface area contributed by atoms with Crippen LogP contribution in [-0.2, 0) is 17.9 Å². The van der Waals surface area contributed by atoms with E-state index in [1.807, 2.05) is 31.5 Å². The van der Waals surface area contributed by atoms with Gasteiger partial charge in [-0.3, -0.25) is 19.6 Å². The third kappa shape index (κ3) is 5.42. The predicted octanol–water partition coefficient (Wildman–Crippen LogP) is 2.11. The second kappa shape index (κ2) is 9.50. The van der Waals surface area contributed by atoms with E-state index in [9.17, 15) is 4.79 Å². The van der Waals surface area contributed by atoms with Crippen LogP contribution in [0.25, 0.3) is 0 Å². The highest BCUT2D eigenvalue weighted by molar-refractivity contribution is 5.78. The third-order valence-corrected chi connectivity index (χ3v) is 6.22. The molecule has 7 heteroatoms. The fourth-order valence-electron chi connectivity index (χ4n) is 4.59. The number of rotatable bonds is 6. The number of amides is 1. The highest BCUT2D eigenvalue weighted by atomic mass is 16.1. The van der Waals surface area contributed by atoms with Crippen LogP contribution in [0.5, 0.6) is 0 Å². The first kappa shape index (κ1) is 20.0. The molecule has 0 aromatic carbocycles. The number of nitrogens with zero attached hydrogens (tertiary/aromatic N) is 4. The molecule has 1 unspecified atom stereocenters. The van der Waals surface area contributed by atoms with Gasteiger partial charge in [0, 0.05) is 56.5 Å². The second-order valence-electron chi connectivity index (χ2n) is 8.43. The first-order chi connectivity index (χ1) is 14.2. The predicted molar refractivity (Wildman–Crippen MR) is 112 cm³/mol. The number of likely N-dealkylation sites (tertiary alicyclic amines) is 2. The normalized spacial score (nSPS) is 21.9. The molecule has 2 saturated heterocycles. The summed E-state index contributed by atoms with van der Waals surface area (Å²) in [5, 5.41) is 3.10. The van der Waals surface area contributed by atoms with Gasteiger partial charge in [-0.15, -0.1) is 0 Å². The average Bonchev–Trinajstić information content (AvgIpc) is 3.18. The summed E-state index contributed by atoms with van der Waals surface area (Å²) in [5.74, 6) is 1.35. The standard InChI is InChI=1S/C22H32N6O/c1-17-12-24-21(26-17)16-27-10-6-20(7-11-27)28-9-3-5-19(15-28)22(29)25-14-18-4-2-8-23-13-18/h2,4,8,12-13,19-20H,3,5-7,9-11,14-16H2,1H3,(H,24,26)(H,25,29). The molecule has 2 aromatic heterocycles. The van der Waals surface area contributed by atoms with Crippen molar-refractivity contribution >= 4 is 5.91 Å². The van der Waals surface area contributed by atoms with Crippen molar-refractivity contribution in [2.45, 2.75) is 51.7 Å². The molecule has 7 nitrogen and oxygen atoms in total. The zero-order valence-corrected chi connectivity index (χ0v) is 17.3. The van der Waals surface area contributed by atoms with Gasteiger partial charge in [0.25, 0.3) is 0 Å². The molecule has 29 heavy (non-hydrogen) atoms. The molecule has 4 rings (SSSR count). The summed E-state index contributed by atoms with van der Waals surface area (Å²) >= 11 is 0. The molecule has 2 aromatic rings. The maximum atomic E-state index is 12.7. The van der Waals surface area contributed by atoms with E-state index < -0.39 is 0 Å². The summed E-state index contributed by atoms with van der Waals surface area (Å²) in [6.07, 6.45) is 9.90. The molecule has 4 heterocycles. The van der Waals surface area contributed by atoms with E-state index in [1.54, 1.807) is 6.20 Å². The fourth-order valence-corrected chi connectivity index (χ4v) is 4.59. The lowest BCUT2D eigenvalue weighted by molar-refractivity contribution is -0.127. The lowest BCUT2D eigenvalue weighted by Gasteiger charge is -2.41. The smallest absolute Gasteiger partial charge is 0.224 e. The highest BCUT2D eigenvalue weighted by Crippen LogP contribution is 2.24. The van der Waals surface area contributed by atoms with E-state index >= 15 is 0 Å². The van der Waals surface area contributed by atoms with E-state index in [1.165, 1.54) is 12.8 Å². The summed E-state index contributed by atoms with van der Waals surface area (Å²) in [4.78, 5) is 29.6. The fraction of sp³-hybridized carbons (Fsp3) is 0.591. The Morgan fingerprint density at radius 1 is 1.24 bits per heavy atom. The Balaban J connectivity index is 1.23. The maximum Gasteiger partial charge on any atom is 0.224 e. The van der Waals surface area contributed by atoms with Crippen LogP contribution in [0.3, 0.4) is 0 Å². The van der Waals surface area contributed by atoms with Crippen molar-refractivity contribution in [3.63, 3.8) is 0 Å². The van der Waals surface area contributed by atoms with Crippen molar-refractivity contribution in [2.75, 3.05) is 26.2 Å². The number of H-pyrrole nitrogens is 1. The Morgan fingerprint density at radius 2 is 2.10 bits per heavy atom. The molecule has 2 fully saturated rings. The van der Waals surface area contributed by atoms with E-state index in [0.717, 1.165) is 62.6 Å². The molecule has 0 bridgehead atoms. The summed E-state index contributed by atoms with van der Waals surface area (Å²) in [6.45, 7) is 7.71. The average molecular weight is 397 g/mol. The second-order valence-corrected chi connectivity index (χ2v) is 8.43. The maximum absolute atomic E-state index is 12.7. The first-order valence-electron chi connectivity index (χ1n) is 10.8. The minimum absolute atomic E-state index is 0.101. The van der Waals surface area contributed by atoms with Crippen molar-refractivity contribution in [1.82, 2.24) is 30.1 Å². The van der Waals surface area contributed by atoms with E-state index in [-0.39, 0.29) is 11.8 Å². The number of hydrogen-bond donors (Lipinski definition) is 2. The van der Waals surface area contributed by atoms with Crippen molar-refractivity contribution in [3.8, 4) is 0 Å². The number of hydrogen-bond acceptors (Lipinski definition) is 5. The highest BCUT2D eigenvalue weighted by Gasteiger charge is 2.31. The molecule has 0 saturated carbocycles. The molecule has 2 N–H and O–H groups in total. The quantitative estimate of drug-likeness (QED) is 0.782. The SMILES string of the molecule is Cc1cnc(CN2CCC(N3CCCC(C(=O)NCc4cccnc4)C3)CC2)[nH]1. The molecular formula is C22H32N6O. The Bertz CT molecular complexity index is 784. The molecule has 0 radical (unpaired) electrons. The summed E-state index contributed by atoms with van der Waals surface area (Å²) in [5.41, 5.74) is 2.17. The van der Waals surface area contributed by atoms with Crippen LogP contribution in [-0.4, -0.2) is 62.9 Å². The van der Waals surface area contributed by atoms with Gasteiger partial charge in [-0.1, -0.05) is 6.07 Å². The van der Waals surface area contributed by atoms with Gasteiger partial charge in [0.05, 0.1) is 12.5 Å². The number of nitrogens with one attached hydrogen (secondary N) is 2. The molecule has 1 atom stereocenters. The van der Waals surface area contributed by atoms with Crippen molar-refractivity contribution in [2.24, 2.45) is 5.92 Å². The number of aryl methyl sites for hydroxylation is 1. The molecule has 2 aliphatic heterocycles. The van der Waals surface area contributed by atoms with Gasteiger partial charge in [0.2, 0.25) is 5.91 Å². The van der Waals surface area contributed by atoms with Crippen molar-refractivity contribution in [1.29, 1.82) is 0 Å². The summed E-state index contributed by atoms with van der Waals surface area (Å²) < 4.78 is 0. The Kier molecular flexibility index (Phi) is 6.56. The van der Waals surface area contributed by atoms with Crippen LogP contribution in [0, 0.1) is 12.8 Å². The lowest BCUT2D eigenvalue weighted by atomic mass is 9.93. The van der Waals surface area contributed by atoms with Gasteiger partial charge in [0.1, 0.15) is 5.82 Å². The van der Waals surface area contributed by atoms with Gasteiger partial charge in [0.15, 0.2) is 0 Å². The number of carbonyl (C=O) groups excluding carboxylic acids is 1. The number of piperidine rings is 2. The third-order valence-electron chi connectivity index (χ3n) is 6.22. The number of pyridine rings is 1. The molecule has 1 amide bonds. The van der Waals surface area contributed by atoms with E-state index in [2.05, 4.69) is 30.1 Å². The number of aromatic amines is 1. The minimum Gasteiger partial charge on any atom is -0.352 e. The minimum atomic E-state index is 0.101. The van der Waals surface area contributed by atoms with E-state index in [0.29, 0.717) is 12.6 Å².